The minimum Gasteiger partial charge on any atom is -0.312 e. The number of hydrogen-bond acceptors (Lipinski definition) is 2. The molecule has 106 valence electrons. The van der Waals surface area contributed by atoms with Gasteiger partial charge >= 0.3 is 0 Å². The topological polar surface area (TPSA) is 24.9 Å². The Hall–Kier alpha value is -1.81. The van der Waals surface area contributed by atoms with E-state index in [9.17, 15) is 8.78 Å². The molecule has 4 heteroatoms. The first-order valence-electron chi connectivity index (χ1n) is 6.56. The van der Waals surface area contributed by atoms with Crippen molar-refractivity contribution in [1.29, 1.82) is 0 Å². The Morgan fingerprint density at radius 1 is 1.15 bits per heavy atom. The van der Waals surface area contributed by atoms with Gasteiger partial charge in [0.15, 0.2) is 0 Å². The van der Waals surface area contributed by atoms with Crippen LogP contribution in [0.15, 0.2) is 30.5 Å². The molecule has 0 radical (unpaired) electrons. The number of rotatable bonds is 4. The Morgan fingerprint density at radius 3 is 2.50 bits per heavy atom. The molecule has 2 nitrogen and oxygen atoms in total. The van der Waals surface area contributed by atoms with Gasteiger partial charge in [-0.2, -0.15) is 0 Å². The summed E-state index contributed by atoms with van der Waals surface area (Å²) in [5.74, 6) is -1.02. The summed E-state index contributed by atoms with van der Waals surface area (Å²) in [7, 11) is 1.69. The smallest absolute Gasteiger partial charge is 0.133 e. The predicted octanol–water partition coefficient (Wildman–Crippen LogP) is 3.48. The maximum atomic E-state index is 14.2. The van der Waals surface area contributed by atoms with Crippen molar-refractivity contribution in [2.24, 2.45) is 0 Å². The van der Waals surface area contributed by atoms with Gasteiger partial charge in [0.05, 0.1) is 0 Å². The molecule has 0 saturated heterocycles. The summed E-state index contributed by atoms with van der Waals surface area (Å²) < 4.78 is 28.1. The summed E-state index contributed by atoms with van der Waals surface area (Å²) in [5.41, 5.74) is 2.38. The van der Waals surface area contributed by atoms with Crippen LogP contribution in [-0.2, 0) is 6.42 Å². The highest BCUT2D eigenvalue weighted by Gasteiger charge is 2.21. The average Bonchev–Trinajstić information content (AvgIpc) is 2.44. The first-order valence-corrected chi connectivity index (χ1v) is 6.56. The van der Waals surface area contributed by atoms with Gasteiger partial charge < -0.3 is 5.32 Å². The van der Waals surface area contributed by atoms with Crippen molar-refractivity contribution >= 4 is 0 Å². The highest BCUT2D eigenvalue weighted by Crippen LogP contribution is 2.25. The second-order valence-electron chi connectivity index (χ2n) is 4.96. The fourth-order valence-electron chi connectivity index (χ4n) is 2.17. The van der Waals surface area contributed by atoms with E-state index < -0.39 is 17.7 Å². The second kappa shape index (κ2) is 6.09. The van der Waals surface area contributed by atoms with E-state index in [1.54, 1.807) is 20.2 Å². The lowest BCUT2D eigenvalue weighted by atomic mass is 9.98. The number of nitrogens with zero attached hydrogens (tertiary/aromatic N) is 1. The van der Waals surface area contributed by atoms with Gasteiger partial charge in [0.2, 0.25) is 0 Å². The van der Waals surface area contributed by atoms with Gasteiger partial charge in [0.1, 0.15) is 11.6 Å². The molecule has 0 spiro atoms. The number of benzene rings is 1. The third-order valence-electron chi connectivity index (χ3n) is 3.40. The van der Waals surface area contributed by atoms with Crippen molar-refractivity contribution in [1.82, 2.24) is 10.3 Å². The number of nitrogens with one attached hydrogen (secondary N) is 1. The summed E-state index contributed by atoms with van der Waals surface area (Å²) in [5, 5.41) is 2.97. The van der Waals surface area contributed by atoms with Gasteiger partial charge in [-0.3, -0.25) is 4.98 Å². The van der Waals surface area contributed by atoms with E-state index in [0.717, 1.165) is 11.3 Å². The molecule has 20 heavy (non-hydrogen) atoms. The van der Waals surface area contributed by atoms with Crippen LogP contribution < -0.4 is 5.32 Å². The van der Waals surface area contributed by atoms with Crippen molar-refractivity contribution in [3.05, 3.63) is 64.5 Å². The highest BCUT2D eigenvalue weighted by molar-refractivity contribution is 5.30. The van der Waals surface area contributed by atoms with E-state index in [0.29, 0.717) is 12.0 Å². The Labute approximate surface area is 117 Å². The molecule has 0 amide bonds. The van der Waals surface area contributed by atoms with Crippen molar-refractivity contribution in [3.63, 3.8) is 0 Å². The summed E-state index contributed by atoms with van der Waals surface area (Å²) in [6.07, 6.45) is 2.19. The number of aryl methyl sites for hydroxylation is 2. The van der Waals surface area contributed by atoms with Crippen molar-refractivity contribution in [3.8, 4) is 0 Å². The maximum Gasteiger partial charge on any atom is 0.133 e. The quantitative estimate of drug-likeness (QED) is 0.924. The molecule has 0 saturated carbocycles. The third-order valence-corrected chi connectivity index (χ3v) is 3.40. The largest absolute Gasteiger partial charge is 0.312 e. The predicted molar refractivity (Wildman–Crippen MR) is 75.6 cm³/mol. The Bertz CT molecular complexity index is 594. The van der Waals surface area contributed by atoms with Crippen LogP contribution in [0.5, 0.6) is 0 Å². The molecule has 2 aromatic rings. The lowest BCUT2D eigenvalue weighted by molar-refractivity contribution is 0.483. The van der Waals surface area contributed by atoms with Gasteiger partial charge in [0, 0.05) is 29.9 Å². The monoisotopic (exact) mass is 276 g/mol. The Balaban J connectivity index is 2.33. The zero-order valence-corrected chi connectivity index (χ0v) is 11.9. The van der Waals surface area contributed by atoms with E-state index in [1.165, 1.54) is 12.1 Å². The minimum absolute atomic E-state index is 0.0786. The van der Waals surface area contributed by atoms with Crippen LogP contribution in [0, 0.1) is 25.5 Å². The highest BCUT2D eigenvalue weighted by atomic mass is 19.1. The molecule has 1 aromatic carbocycles. The SMILES string of the molecule is CNC(Cc1ccc(C)cn1)c1c(F)ccc(C)c1F. The maximum absolute atomic E-state index is 14.2. The Morgan fingerprint density at radius 2 is 1.90 bits per heavy atom. The summed E-state index contributed by atoms with van der Waals surface area (Å²) in [6, 6.07) is 6.14. The summed E-state index contributed by atoms with van der Waals surface area (Å²) in [6.45, 7) is 3.58. The van der Waals surface area contributed by atoms with E-state index >= 15 is 0 Å². The molecule has 1 unspecified atom stereocenters. The lowest BCUT2D eigenvalue weighted by Crippen LogP contribution is -2.22. The number of pyridine rings is 1. The first-order chi connectivity index (χ1) is 9.52. The van der Waals surface area contributed by atoms with Crippen LogP contribution in [0.1, 0.15) is 28.4 Å². The van der Waals surface area contributed by atoms with Crippen molar-refractivity contribution in [2.45, 2.75) is 26.3 Å². The lowest BCUT2D eigenvalue weighted by Gasteiger charge is -2.18. The fraction of sp³-hybridized carbons (Fsp3) is 0.312. The number of hydrogen-bond donors (Lipinski definition) is 1. The molecule has 0 bridgehead atoms. The Kier molecular flexibility index (Phi) is 4.45. The summed E-state index contributed by atoms with van der Waals surface area (Å²) >= 11 is 0. The van der Waals surface area contributed by atoms with Crippen LogP contribution in [0.25, 0.3) is 0 Å². The second-order valence-corrected chi connectivity index (χ2v) is 4.96. The van der Waals surface area contributed by atoms with Gasteiger partial charge in [-0.15, -0.1) is 0 Å². The van der Waals surface area contributed by atoms with E-state index in [4.69, 9.17) is 0 Å². The van der Waals surface area contributed by atoms with Crippen molar-refractivity contribution < 1.29 is 8.78 Å². The minimum atomic E-state index is -0.528. The van der Waals surface area contributed by atoms with Gasteiger partial charge in [-0.1, -0.05) is 12.1 Å². The fourth-order valence-corrected chi connectivity index (χ4v) is 2.17. The molecule has 0 aliphatic heterocycles. The van der Waals surface area contributed by atoms with Crippen LogP contribution in [0.3, 0.4) is 0 Å². The molecule has 1 aromatic heterocycles. The van der Waals surface area contributed by atoms with E-state index in [1.807, 2.05) is 19.1 Å². The third kappa shape index (κ3) is 3.02. The molecule has 0 aliphatic rings. The summed E-state index contributed by atoms with van der Waals surface area (Å²) in [4.78, 5) is 4.29. The van der Waals surface area contributed by atoms with Gasteiger partial charge in [-0.25, -0.2) is 8.78 Å². The first kappa shape index (κ1) is 14.6. The number of halogens is 2. The number of likely N-dealkylation sites (N-methyl/N-ethyl adjacent to an activating group) is 1. The molecule has 1 atom stereocenters. The molecule has 0 aliphatic carbocycles. The van der Waals surface area contributed by atoms with Gasteiger partial charge in [-0.05, 0) is 44.2 Å². The van der Waals surface area contributed by atoms with Gasteiger partial charge in [0.25, 0.3) is 0 Å². The van der Waals surface area contributed by atoms with Crippen LogP contribution >= 0.6 is 0 Å². The molecule has 1 heterocycles. The zero-order chi connectivity index (χ0) is 14.7. The van der Waals surface area contributed by atoms with Crippen LogP contribution in [0.2, 0.25) is 0 Å². The average molecular weight is 276 g/mol. The molecule has 2 rings (SSSR count). The van der Waals surface area contributed by atoms with Crippen LogP contribution in [0.4, 0.5) is 8.78 Å². The van der Waals surface area contributed by atoms with Crippen LogP contribution in [-0.4, -0.2) is 12.0 Å². The molecular formula is C16H18F2N2. The normalized spacial score (nSPS) is 12.4. The standard InChI is InChI=1S/C16H18F2N2/c1-10-4-6-12(20-9-10)8-14(19-3)15-13(17)7-5-11(2)16(15)18/h4-7,9,14,19H,8H2,1-3H3. The van der Waals surface area contributed by atoms with Crippen molar-refractivity contribution in [2.75, 3.05) is 7.05 Å². The van der Waals surface area contributed by atoms with E-state index in [-0.39, 0.29) is 5.56 Å². The molecule has 1 N–H and O–H groups in total. The molecule has 0 fully saturated rings. The zero-order valence-electron chi connectivity index (χ0n) is 11.9. The van der Waals surface area contributed by atoms with E-state index in [2.05, 4.69) is 10.3 Å². The molecular weight excluding hydrogens is 258 g/mol. The number of aromatic nitrogens is 1.